The predicted molar refractivity (Wildman–Crippen MR) is 82.7 cm³/mol. The molecule has 2 aromatic heterocycles. The van der Waals surface area contributed by atoms with E-state index < -0.39 is 0 Å². The standard InChI is InChI=1S/C18H12N2O/c1-2-4-14-11-15(6-5-13(14)3-1)17-7-9-19-18(20-17)16-8-10-21-12-16/h1-12H. The lowest BCUT2D eigenvalue weighted by atomic mass is 10.0. The molecule has 0 aliphatic heterocycles. The summed E-state index contributed by atoms with van der Waals surface area (Å²) < 4.78 is 5.09. The van der Waals surface area contributed by atoms with E-state index in [0.29, 0.717) is 5.82 Å². The molecule has 3 nitrogen and oxygen atoms in total. The highest BCUT2D eigenvalue weighted by atomic mass is 16.3. The fourth-order valence-electron chi connectivity index (χ4n) is 2.40. The van der Waals surface area contributed by atoms with Crippen LogP contribution in [0.5, 0.6) is 0 Å². The molecule has 0 N–H and O–H groups in total. The van der Waals surface area contributed by atoms with Crippen molar-refractivity contribution in [3.63, 3.8) is 0 Å². The Morgan fingerprint density at radius 3 is 2.57 bits per heavy atom. The molecule has 0 fully saturated rings. The highest BCUT2D eigenvalue weighted by Gasteiger charge is 2.06. The van der Waals surface area contributed by atoms with Crippen molar-refractivity contribution >= 4 is 10.8 Å². The summed E-state index contributed by atoms with van der Waals surface area (Å²) in [4.78, 5) is 8.92. The van der Waals surface area contributed by atoms with Crippen molar-refractivity contribution in [2.75, 3.05) is 0 Å². The first-order valence-electron chi connectivity index (χ1n) is 6.75. The Balaban J connectivity index is 1.83. The molecular weight excluding hydrogens is 260 g/mol. The number of hydrogen-bond acceptors (Lipinski definition) is 3. The van der Waals surface area contributed by atoms with Crippen LogP contribution in [-0.4, -0.2) is 9.97 Å². The van der Waals surface area contributed by atoms with Gasteiger partial charge in [0, 0.05) is 11.8 Å². The van der Waals surface area contributed by atoms with Crippen LogP contribution in [-0.2, 0) is 0 Å². The van der Waals surface area contributed by atoms with Gasteiger partial charge in [-0.1, -0.05) is 36.4 Å². The van der Waals surface area contributed by atoms with Crippen molar-refractivity contribution in [2.24, 2.45) is 0 Å². The van der Waals surface area contributed by atoms with Crippen molar-refractivity contribution in [3.8, 4) is 22.6 Å². The molecule has 0 saturated heterocycles. The fraction of sp³-hybridized carbons (Fsp3) is 0. The molecule has 2 aromatic carbocycles. The van der Waals surface area contributed by atoms with E-state index in [1.807, 2.05) is 24.3 Å². The zero-order valence-corrected chi connectivity index (χ0v) is 11.2. The van der Waals surface area contributed by atoms with Crippen LogP contribution in [0, 0.1) is 0 Å². The van der Waals surface area contributed by atoms with Gasteiger partial charge in [-0.2, -0.15) is 0 Å². The van der Waals surface area contributed by atoms with E-state index in [-0.39, 0.29) is 0 Å². The number of rotatable bonds is 2. The Labute approximate surface area is 121 Å². The maximum Gasteiger partial charge on any atom is 0.163 e. The van der Waals surface area contributed by atoms with Crippen molar-refractivity contribution in [1.82, 2.24) is 9.97 Å². The molecule has 0 aliphatic carbocycles. The van der Waals surface area contributed by atoms with Crippen LogP contribution in [0.15, 0.2) is 77.7 Å². The van der Waals surface area contributed by atoms with Gasteiger partial charge in [0.25, 0.3) is 0 Å². The van der Waals surface area contributed by atoms with Gasteiger partial charge in [0.05, 0.1) is 17.5 Å². The van der Waals surface area contributed by atoms with Crippen LogP contribution in [0.2, 0.25) is 0 Å². The van der Waals surface area contributed by atoms with E-state index in [0.717, 1.165) is 16.8 Å². The summed E-state index contributed by atoms with van der Waals surface area (Å²) in [7, 11) is 0. The van der Waals surface area contributed by atoms with Gasteiger partial charge >= 0.3 is 0 Å². The Hall–Kier alpha value is -2.94. The zero-order valence-electron chi connectivity index (χ0n) is 11.2. The first-order valence-corrected chi connectivity index (χ1v) is 6.75. The fourth-order valence-corrected chi connectivity index (χ4v) is 2.40. The Kier molecular flexibility index (Phi) is 2.75. The molecule has 21 heavy (non-hydrogen) atoms. The summed E-state index contributed by atoms with van der Waals surface area (Å²) in [6.45, 7) is 0. The van der Waals surface area contributed by atoms with Crippen LogP contribution < -0.4 is 0 Å². The minimum atomic E-state index is 0.675. The molecular formula is C18H12N2O. The molecule has 0 atom stereocenters. The summed E-state index contributed by atoms with van der Waals surface area (Å²) in [6, 6.07) is 18.4. The van der Waals surface area contributed by atoms with Gasteiger partial charge in [0.15, 0.2) is 5.82 Å². The van der Waals surface area contributed by atoms with E-state index in [1.165, 1.54) is 10.8 Å². The molecule has 4 rings (SSSR count). The van der Waals surface area contributed by atoms with Crippen LogP contribution in [0.1, 0.15) is 0 Å². The van der Waals surface area contributed by atoms with Crippen molar-refractivity contribution in [1.29, 1.82) is 0 Å². The molecule has 0 spiro atoms. The molecule has 3 heteroatoms. The minimum absolute atomic E-state index is 0.675. The van der Waals surface area contributed by atoms with Crippen LogP contribution >= 0.6 is 0 Å². The number of fused-ring (bicyclic) bond motifs is 1. The molecule has 100 valence electrons. The second-order valence-corrected chi connectivity index (χ2v) is 4.84. The van der Waals surface area contributed by atoms with Gasteiger partial charge in [-0.05, 0) is 29.0 Å². The summed E-state index contributed by atoms with van der Waals surface area (Å²) in [5.41, 5.74) is 2.88. The van der Waals surface area contributed by atoms with Gasteiger partial charge in [0.2, 0.25) is 0 Å². The summed E-state index contributed by atoms with van der Waals surface area (Å²) in [5.74, 6) is 0.675. The largest absolute Gasteiger partial charge is 0.472 e. The van der Waals surface area contributed by atoms with E-state index >= 15 is 0 Å². The Bertz CT molecular complexity index is 898. The average Bonchev–Trinajstić information content (AvgIpc) is 3.09. The predicted octanol–water partition coefficient (Wildman–Crippen LogP) is 4.56. The van der Waals surface area contributed by atoms with Gasteiger partial charge < -0.3 is 4.42 Å². The molecule has 0 saturated carbocycles. The van der Waals surface area contributed by atoms with Crippen LogP contribution in [0.4, 0.5) is 0 Å². The maximum absolute atomic E-state index is 5.09. The highest BCUT2D eigenvalue weighted by Crippen LogP contribution is 2.24. The third-order valence-electron chi connectivity index (χ3n) is 3.48. The smallest absolute Gasteiger partial charge is 0.163 e. The number of hydrogen-bond donors (Lipinski definition) is 0. The third kappa shape index (κ3) is 2.19. The second-order valence-electron chi connectivity index (χ2n) is 4.84. The Morgan fingerprint density at radius 2 is 1.71 bits per heavy atom. The molecule has 4 aromatic rings. The molecule has 0 radical (unpaired) electrons. The quantitative estimate of drug-likeness (QED) is 0.537. The van der Waals surface area contributed by atoms with Crippen molar-refractivity contribution in [3.05, 3.63) is 73.3 Å². The molecule has 0 amide bonds. The average molecular weight is 272 g/mol. The van der Waals surface area contributed by atoms with E-state index in [4.69, 9.17) is 4.42 Å². The topological polar surface area (TPSA) is 38.9 Å². The lowest BCUT2D eigenvalue weighted by molar-refractivity contribution is 0.568. The molecule has 0 bridgehead atoms. The zero-order chi connectivity index (χ0) is 14.1. The number of aromatic nitrogens is 2. The maximum atomic E-state index is 5.09. The molecule has 0 aliphatic rings. The van der Waals surface area contributed by atoms with Crippen molar-refractivity contribution < 1.29 is 4.42 Å². The van der Waals surface area contributed by atoms with E-state index in [2.05, 4.69) is 40.3 Å². The Morgan fingerprint density at radius 1 is 0.810 bits per heavy atom. The van der Waals surface area contributed by atoms with Gasteiger partial charge in [-0.15, -0.1) is 0 Å². The van der Waals surface area contributed by atoms with E-state index in [1.54, 1.807) is 18.7 Å². The minimum Gasteiger partial charge on any atom is -0.472 e. The van der Waals surface area contributed by atoms with Gasteiger partial charge in [0.1, 0.15) is 6.26 Å². The first-order chi connectivity index (χ1) is 10.4. The summed E-state index contributed by atoms with van der Waals surface area (Å²) in [5, 5.41) is 2.43. The summed E-state index contributed by atoms with van der Waals surface area (Å²) >= 11 is 0. The van der Waals surface area contributed by atoms with Gasteiger partial charge in [-0.3, -0.25) is 0 Å². The summed E-state index contributed by atoms with van der Waals surface area (Å²) in [6.07, 6.45) is 5.06. The van der Waals surface area contributed by atoms with Crippen molar-refractivity contribution in [2.45, 2.75) is 0 Å². The van der Waals surface area contributed by atoms with Crippen LogP contribution in [0.3, 0.4) is 0 Å². The third-order valence-corrected chi connectivity index (χ3v) is 3.48. The molecule has 0 unspecified atom stereocenters. The highest BCUT2D eigenvalue weighted by molar-refractivity contribution is 5.86. The number of benzene rings is 2. The molecule has 2 heterocycles. The second kappa shape index (κ2) is 4.87. The number of furan rings is 1. The lowest BCUT2D eigenvalue weighted by Crippen LogP contribution is -1.90. The lowest BCUT2D eigenvalue weighted by Gasteiger charge is -2.04. The van der Waals surface area contributed by atoms with Gasteiger partial charge in [-0.25, -0.2) is 9.97 Å². The van der Waals surface area contributed by atoms with Crippen LogP contribution in [0.25, 0.3) is 33.4 Å². The monoisotopic (exact) mass is 272 g/mol. The normalized spacial score (nSPS) is 10.9. The van der Waals surface area contributed by atoms with E-state index in [9.17, 15) is 0 Å². The number of nitrogens with zero attached hydrogens (tertiary/aromatic N) is 2. The first kappa shape index (κ1) is 11.9. The SMILES string of the molecule is c1ccc2cc(-c3ccnc(-c4ccoc4)n3)ccc2c1.